The second-order valence-corrected chi connectivity index (χ2v) is 5.75. The maximum absolute atomic E-state index is 2.46. The lowest BCUT2D eigenvalue weighted by molar-refractivity contribution is 0.627. The van der Waals surface area contributed by atoms with E-state index in [2.05, 4.69) is 24.8 Å². The van der Waals surface area contributed by atoms with Gasteiger partial charge < -0.3 is 0 Å². The summed E-state index contributed by atoms with van der Waals surface area (Å²) in [6.07, 6.45) is 16.6. The molecule has 1 rings (SSSR count). The van der Waals surface area contributed by atoms with Crippen molar-refractivity contribution in [3.05, 3.63) is 11.0 Å². The molecule has 0 spiro atoms. The van der Waals surface area contributed by atoms with Crippen LogP contribution in [-0.2, 0) is 0 Å². The van der Waals surface area contributed by atoms with Crippen LogP contribution in [0, 0.1) is 0 Å². The van der Waals surface area contributed by atoms with Gasteiger partial charge in [0.1, 0.15) is 0 Å². The van der Waals surface area contributed by atoms with Crippen molar-refractivity contribution in [2.45, 2.75) is 71.1 Å². The van der Waals surface area contributed by atoms with Gasteiger partial charge in [-0.15, -0.1) is 11.8 Å². The van der Waals surface area contributed by atoms with Crippen molar-refractivity contribution in [3.63, 3.8) is 0 Å². The predicted molar refractivity (Wildman–Crippen MR) is 72.4 cm³/mol. The van der Waals surface area contributed by atoms with E-state index in [1.807, 2.05) is 0 Å². The Labute approximate surface area is 99.9 Å². The molecule has 0 aromatic carbocycles. The molecule has 1 aliphatic rings. The van der Waals surface area contributed by atoms with Crippen LogP contribution in [0.5, 0.6) is 0 Å². The number of rotatable bonds is 8. The molecular weight excluding hydrogens is 200 g/mol. The van der Waals surface area contributed by atoms with E-state index in [1.54, 1.807) is 4.91 Å². The van der Waals surface area contributed by atoms with Crippen molar-refractivity contribution in [2.75, 3.05) is 5.75 Å². The third-order valence-electron chi connectivity index (χ3n) is 3.03. The Kier molecular flexibility index (Phi) is 8.18. The lowest BCUT2D eigenvalue weighted by atomic mass is 10.1. The first-order valence-electron chi connectivity index (χ1n) is 6.75. The van der Waals surface area contributed by atoms with E-state index in [0.29, 0.717) is 0 Å². The molecular formula is C14H26S. The Morgan fingerprint density at radius 2 is 1.87 bits per heavy atom. The molecule has 0 N–H and O–H groups in total. The zero-order valence-corrected chi connectivity index (χ0v) is 11.1. The van der Waals surface area contributed by atoms with Gasteiger partial charge >= 0.3 is 0 Å². The Hall–Kier alpha value is 0.0900. The third-order valence-corrected chi connectivity index (χ3v) is 4.27. The average molecular weight is 226 g/mol. The molecule has 0 amide bonds. The van der Waals surface area contributed by atoms with Crippen LogP contribution in [0.15, 0.2) is 11.0 Å². The van der Waals surface area contributed by atoms with Crippen LogP contribution >= 0.6 is 11.8 Å². The van der Waals surface area contributed by atoms with E-state index >= 15 is 0 Å². The van der Waals surface area contributed by atoms with Crippen LogP contribution in [0.1, 0.15) is 71.1 Å². The molecule has 15 heavy (non-hydrogen) atoms. The Balaban J connectivity index is 1.86. The van der Waals surface area contributed by atoms with E-state index in [1.165, 1.54) is 70.0 Å². The van der Waals surface area contributed by atoms with E-state index in [-0.39, 0.29) is 0 Å². The van der Waals surface area contributed by atoms with Crippen molar-refractivity contribution >= 4 is 11.8 Å². The van der Waals surface area contributed by atoms with Gasteiger partial charge in [-0.25, -0.2) is 0 Å². The number of thioether (sulfide) groups is 1. The minimum absolute atomic E-state index is 1.33. The first-order valence-corrected chi connectivity index (χ1v) is 7.74. The van der Waals surface area contributed by atoms with E-state index in [0.717, 1.165) is 0 Å². The second kappa shape index (κ2) is 9.33. The smallest absolute Gasteiger partial charge is 0.00234 e. The van der Waals surface area contributed by atoms with Crippen molar-refractivity contribution in [3.8, 4) is 0 Å². The van der Waals surface area contributed by atoms with Gasteiger partial charge in [0.15, 0.2) is 0 Å². The predicted octanol–water partition coefficient (Wildman–Crippen LogP) is 5.54. The Morgan fingerprint density at radius 3 is 2.60 bits per heavy atom. The van der Waals surface area contributed by atoms with Crippen molar-refractivity contribution in [1.29, 1.82) is 0 Å². The van der Waals surface area contributed by atoms with Gasteiger partial charge in [0, 0.05) is 0 Å². The molecule has 0 atom stereocenters. The average Bonchev–Trinajstić information content (AvgIpc) is 2.29. The molecule has 0 fully saturated rings. The first-order chi connectivity index (χ1) is 7.43. The molecule has 1 aliphatic carbocycles. The standard InChI is InChI=1S/C14H26S/c1-2-3-4-5-6-10-13-15-14-11-8-7-9-12-14/h11H,2-10,12-13H2,1H3. The molecule has 0 aromatic rings. The first kappa shape index (κ1) is 13.2. The van der Waals surface area contributed by atoms with Crippen LogP contribution in [0.4, 0.5) is 0 Å². The highest BCUT2D eigenvalue weighted by Crippen LogP contribution is 2.28. The summed E-state index contributed by atoms with van der Waals surface area (Å²) in [5.41, 5.74) is 0. The van der Waals surface area contributed by atoms with Crippen LogP contribution < -0.4 is 0 Å². The third kappa shape index (κ3) is 7.05. The van der Waals surface area contributed by atoms with E-state index < -0.39 is 0 Å². The zero-order chi connectivity index (χ0) is 10.8. The monoisotopic (exact) mass is 226 g/mol. The molecule has 0 unspecified atom stereocenters. The van der Waals surface area contributed by atoms with E-state index in [4.69, 9.17) is 0 Å². The molecule has 0 radical (unpaired) electrons. The van der Waals surface area contributed by atoms with Crippen molar-refractivity contribution in [2.24, 2.45) is 0 Å². The summed E-state index contributed by atoms with van der Waals surface area (Å²) in [5, 5.41) is 0. The van der Waals surface area contributed by atoms with Gasteiger partial charge in [0.25, 0.3) is 0 Å². The van der Waals surface area contributed by atoms with Crippen molar-refractivity contribution < 1.29 is 0 Å². The molecule has 0 saturated carbocycles. The van der Waals surface area contributed by atoms with Gasteiger partial charge in [-0.05, 0) is 42.8 Å². The van der Waals surface area contributed by atoms with Crippen LogP contribution in [0.3, 0.4) is 0 Å². The fourth-order valence-corrected chi connectivity index (χ4v) is 3.16. The minimum Gasteiger partial charge on any atom is -0.131 e. The number of allylic oxidation sites excluding steroid dienone is 2. The maximum atomic E-state index is 2.46. The van der Waals surface area contributed by atoms with Gasteiger partial charge in [0.05, 0.1) is 0 Å². The summed E-state index contributed by atoms with van der Waals surface area (Å²) in [5.74, 6) is 1.36. The normalized spacial score (nSPS) is 16.5. The highest BCUT2D eigenvalue weighted by Gasteiger charge is 2.03. The summed E-state index contributed by atoms with van der Waals surface area (Å²) < 4.78 is 0. The molecule has 0 bridgehead atoms. The molecule has 0 nitrogen and oxygen atoms in total. The fourth-order valence-electron chi connectivity index (χ4n) is 2.03. The lowest BCUT2D eigenvalue weighted by Crippen LogP contribution is -1.90. The van der Waals surface area contributed by atoms with Gasteiger partial charge in [-0.3, -0.25) is 0 Å². The van der Waals surface area contributed by atoms with Gasteiger partial charge in [0.2, 0.25) is 0 Å². The summed E-state index contributed by atoms with van der Waals surface area (Å²) in [4.78, 5) is 1.68. The molecule has 0 heterocycles. The summed E-state index contributed by atoms with van der Waals surface area (Å²) >= 11 is 2.12. The highest BCUT2D eigenvalue weighted by atomic mass is 32.2. The van der Waals surface area contributed by atoms with Gasteiger partial charge in [-0.1, -0.05) is 45.1 Å². The Morgan fingerprint density at radius 1 is 1.07 bits per heavy atom. The summed E-state index contributed by atoms with van der Waals surface area (Å²) in [6.45, 7) is 2.28. The van der Waals surface area contributed by atoms with Crippen molar-refractivity contribution in [1.82, 2.24) is 0 Å². The van der Waals surface area contributed by atoms with Gasteiger partial charge in [-0.2, -0.15) is 0 Å². The summed E-state index contributed by atoms with van der Waals surface area (Å²) in [6, 6.07) is 0. The fraction of sp³-hybridized carbons (Fsp3) is 0.857. The van der Waals surface area contributed by atoms with Crippen LogP contribution in [0.25, 0.3) is 0 Å². The zero-order valence-electron chi connectivity index (χ0n) is 10.3. The quantitative estimate of drug-likeness (QED) is 0.490. The Bertz CT molecular complexity index is 172. The second-order valence-electron chi connectivity index (χ2n) is 4.53. The molecule has 1 heteroatoms. The largest absolute Gasteiger partial charge is 0.131 e. The number of unbranched alkanes of at least 4 members (excludes halogenated alkanes) is 5. The molecule has 88 valence electrons. The van der Waals surface area contributed by atoms with Crippen LogP contribution in [0.2, 0.25) is 0 Å². The SMILES string of the molecule is CCCCCCCCSC1=CCCCC1. The lowest BCUT2D eigenvalue weighted by Gasteiger charge is -2.11. The summed E-state index contributed by atoms with van der Waals surface area (Å²) in [7, 11) is 0. The minimum atomic E-state index is 1.33. The molecule has 0 saturated heterocycles. The topological polar surface area (TPSA) is 0 Å². The number of hydrogen-bond donors (Lipinski definition) is 0. The highest BCUT2D eigenvalue weighted by molar-refractivity contribution is 8.03. The maximum Gasteiger partial charge on any atom is -0.00234 e. The van der Waals surface area contributed by atoms with E-state index in [9.17, 15) is 0 Å². The molecule has 0 aliphatic heterocycles. The molecule has 0 aromatic heterocycles. The number of hydrogen-bond acceptors (Lipinski definition) is 1. The van der Waals surface area contributed by atoms with Crippen LogP contribution in [-0.4, -0.2) is 5.75 Å².